The fourth-order valence-electron chi connectivity index (χ4n) is 1.97. The van der Waals surface area contributed by atoms with E-state index >= 15 is 0 Å². The van der Waals surface area contributed by atoms with E-state index in [2.05, 4.69) is 0 Å². The summed E-state index contributed by atoms with van der Waals surface area (Å²) in [4.78, 5) is 12.4. The molecule has 0 amide bonds. The van der Waals surface area contributed by atoms with Crippen LogP contribution in [0.5, 0.6) is 0 Å². The lowest BCUT2D eigenvalue weighted by Gasteiger charge is -2.03. The van der Waals surface area contributed by atoms with Crippen molar-refractivity contribution in [3.63, 3.8) is 0 Å². The Morgan fingerprint density at radius 2 is 1.76 bits per heavy atom. The van der Waals surface area contributed by atoms with Crippen LogP contribution in [-0.2, 0) is 0 Å². The Morgan fingerprint density at radius 3 is 2.48 bits per heavy atom. The lowest BCUT2D eigenvalue weighted by Crippen LogP contribution is -2.01. The summed E-state index contributed by atoms with van der Waals surface area (Å²) >= 11 is 17.5. The summed E-state index contributed by atoms with van der Waals surface area (Å²) in [7, 11) is 0. The molecule has 1 aromatic heterocycles. The highest BCUT2D eigenvalue weighted by Gasteiger charge is 2.20. The SMILES string of the molecule is O=C(c1cc2cccc(Cl)c2o1)c1cc(F)c(Cl)cc1Cl. The molecule has 0 fully saturated rings. The van der Waals surface area contributed by atoms with Crippen molar-refractivity contribution in [3.8, 4) is 0 Å². The van der Waals surface area contributed by atoms with Crippen LogP contribution in [0.1, 0.15) is 16.1 Å². The molecule has 6 heteroatoms. The number of fused-ring (bicyclic) bond motifs is 1. The number of carbonyl (C=O) groups is 1. The van der Waals surface area contributed by atoms with Crippen LogP contribution in [0.25, 0.3) is 11.0 Å². The molecule has 0 aliphatic rings. The second-order valence-corrected chi connectivity index (χ2v) is 5.57. The van der Waals surface area contributed by atoms with E-state index in [4.69, 9.17) is 39.2 Å². The van der Waals surface area contributed by atoms with E-state index in [1.165, 1.54) is 12.1 Å². The molecule has 1 heterocycles. The zero-order chi connectivity index (χ0) is 15.1. The van der Waals surface area contributed by atoms with Crippen LogP contribution in [0.2, 0.25) is 15.1 Å². The molecule has 21 heavy (non-hydrogen) atoms. The van der Waals surface area contributed by atoms with Gasteiger partial charge < -0.3 is 4.42 Å². The third-order valence-electron chi connectivity index (χ3n) is 2.97. The van der Waals surface area contributed by atoms with Gasteiger partial charge in [0.05, 0.1) is 15.1 Å². The lowest BCUT2D eigenvalue weighted by atomic mass is 10.1. The zero-order valence-electron chi connectivity index (χ0n) is 10.3. The molecule has 0 aliphatic heterocycles. The first-order valence-corrected chi connectivity index (χ1v) is 6.98. The molecule has 0 N–H and O–H groups in total. The maximum absolute atomic E-state index is 13.5. The molecule has 0 unspecified atom stereocenters. The Hall–Kier alpha value is -1.55. The average molecular weight is 344 g/mol. The van der Waals surface area contributed by atoms with Crippen LogP contribution in [0.15, 0.2) is 40.8 Å². The first kappa shape index (κ1) is 14.4. The highest BCUT2D eigenvalue weighted by Crippen LogP contribution is 2.30. The van der Waals surface area contributed by atoms with Crippen LogP contribution < -0.4 is 0 Å². The topological polar surface area (TPSA) is 30.2 Å². The van der Waals surface area contributed by atoms with Crippen LogP contribution >= 0.6 is 34.8 Å². The molecular formula is C15H6Cl3FO2. The van der Waals surface area contributed by atoms with Crippen molar-refractivity contribution in [2.75, 3.05) is 0 Å². The van der Waals surface area contributed by atoms with Crippen LogP contribution in [0.3, 0.4) is 0 Å². The minimum atomic E-state index is -0.724. The summed E-state index contributed by atoms with van der Waals surface area (Å²) in [6.07, 6.45) is 0. The molecule has 2 aromatic carbocycles. The predicted molar refractivity (Wildman–Crippen MR) is 81.1 cm³/mol. The lowest BCUT2D eigenvalue weighted by molar-refractivity contribution is 0.101. The fraction of sp³-hybridized carbons (Fsp3) is 0. The molecule has 3 rings (SSSR count). The number of hydrogen-bond donors (Lipinski definition) is 0. The summed E-state index contributed by atoms with van der Waals surface area (Å²) in [6, 6.07) is 8.85. The Bertz CT molecular complexity index is 871. The molecule has 106 valence electrons. The van der Waals surface area contributed by atoms with Crippen LogP contribution in [0, 0.1) is 5.82 Å². The van der Waals surface area contributed by atoms with Crippen molar-refractivity contribution in [1.82, 2.24) is 0 Å². The van der Waals surface area contributed by atoms with Gasteiger partial charge in [0.1, 0.15) is 5.82 Å². The van der Waals surface area contributed by atoms with Gasteiger partial charge in [-0.05, 0) is 24.3 Å². The minimum absolute atomic E-state index is 0.0197. The molecule has 0 aliphatic carbocycles. The quantitative estimate of drug-likeness (QED) is 0.437. The van der Waals surface area contributed by atoms with Crippen molar-refractivity contribution < 1.29 is 13.6 Å². The smallest absolute Gasteiger partial charge is 0.229 e. The second-order valence-electron chi connectivity index (χ2n) is 4.34. The predicted octanol–water partition coefficient (Wildman–Crippen LogP) is 5.76. The van der Waals surface area contributed by atoms with E-state index in [0.29, 0.717) is 16.0 Å². The van der Waals surface area contributed by atoms with Crippen molar-refractivity contribution in [3.05, 3.63) is 68.6 Å². The van der Waals surface area contributed by atoms with Crippen molar-refractivity contribution in [1.29, 1.82) is 0 Å². The number of ketones is 1. The van der Waals surface area contributed by atoms with E-state index in [9.17, 15) is 9.18 Å². The molecule has 3 aromatic rings. The zero-order valence-corrected chi connectivity index (χ0v) is 12.6. The molecule has 0 radical (unpaired) electrons. The molecular weight excluding hydrogens is 338 g/mol. The molecule has 0 bridgehead atoms. The Kier molecular flexibility index (Phi) is 3.66. The largest absolute Gasteiger partial charge is 0.451 e. The number of rotatable bonds is 2. The number of furan rings is 1. The van der Waals surface area contributed by atoms with Gasteiger partial charge in [-0.3, -0.25) is 4.79 Å². The molecule has 0 spiro atoms. The second kappa shape index (κ2) is 5.34. The molecule has 0 saturated heterocycles. The third-order valence-corrected chi connectivity index (χ3v) is 3.87. The number of carbonyl (C=O) groups excluding carboxylic acids is 1. The van der Waals surface area contributed by atoms with Crippen LogP contribution in [-0.4, -0.2) is 5.78 Å². The average Bonchev–Trinajstić information content (AvgIpc) is 2.87. The van der Waals surface area contributed by atoms with E-state index < -0.39 is 11.6 Å². The molecule has 2 nitrogen and oxygen atoms in total. The minimum Gasteiger partial charge on any atom is -0.451 e. The summed E-state index contributed by atoms with van der Waals surface area (Å²) < 4.78 is 19.0. The Morgan fingerprint density at radius 1 is 1.00 bits per heavy atom. The molecule has 0 saturated carbocycles. The van der Waals surface area contributed by atoms with Gasteiger partial charge in [-0.2, -0.15) is 0 Å². The summed E-state index contributed by atoms with van der Waals surface area (Å²) in [6.45, 7) is 0. The van der Waals surface area contributed by atoms with Gasteiger partial charge in [0.2, 0.25) is 5.78 Å². The standard InChI is InChI=1S/C15H6Cl3FO2/c16-9-3-1-2-7-4-13(21-15(7)9)14(20)8-5-12(19)11(18)6-10(8)17/h1-6H. The normalized spacial score (nSPS) is 11.0. The summed E-state index contributed by atoms with van der Waals surface area (Å²) in [5, 5.41) is 0.971. The van der Waals surface area contributed by atoms with Gasteiger partial charge in [-0.25, -0.2) is 4.39 Å². The Labute approximate surface area is 134 Å². The van der Waals surface area contributed by atoms with Gasteiger partial charge in [-0.1, -0.05) is 46.9 Å². The van der Waals surface area contributed by atoms with Crippen LogP contribution in [0.4, 0.5) is 4.39 Å². The number of benzene rings is 2. The van der Waals surface area contributed by atoms with Gasteiger partial charge in [-0.15, -0.1) is 0 Å². The highest BCUT2D eigenvalue weighted by molar-refractivity contribution is 6.38. The van der Waals surface area contributed by atoms with Crippen molar-refractivity contribution >= 4 is 51.6 Å². The highest BCUT2D eigenvalue weighted by atomic mass is 35.5. The fourth-order valence-corrected chi connectivity index (χ4v) is 2.66. The van der Waals surface area contributed by atoms with E-state index in [0.717, 1.165) is 6.07 Å². The summed E-state index contributed by atoms with van der Waals surface area (Å²) in [5.74, 6) is -1.23. The van der Waals surface area contributed by atoms with Gasteiger partial charge in [0, 0.05) is 10.9 Å². The van der Waals surface area contributed by atoms with E-state index in [1.807, 2.05) is 0 Å². The third kappa shape index (κ3) is 2.53. The first-order valence-electron chi connectivity index (χ1n) is 5.84. The van der Waals surface area contributed by atoms with E-state index in [1.54, 1.807) is 18.2 Å². The number of hydrogen-bond acceptors (Lipinski definition) is 2. The Balaban J connectivity index is 2.12. The number of halogens is 4. The summed E-state index contributed by atoms with van der Waals surface area (Å²) in [5.41, 5.74) is 0.377. The monoisotopic (exact) mass is 342 g/mol. The number of para-hydroxylation sites is 1. The first-order chi connectivity index (χ1) is 9.97. The molecule has 0 atom stereocenters. The van der Waals surface area contributed by atoms with Gasteiger partial charge in [0.25, 0.3) is 0 Å². The van der Waals surface area contributed by atoms with Gasteiger partial charge in [0.15, 0.2) is 11.3 Å². The maximum atomic E-state index is 13.5. The van der Waals surface area contributed by atoms with Crippen molar-refractivity contribution in [2.24, 2.45) is 0 Å². The maximum Gasteiger partial charge on any atom is 0.229 e. The van der Waals surface area contributed by atoms with Gasteiger partial charge >= 0.3 is 0 Å². The van der Waals surface area contributed by atoms with Crippen molar-refractivity contribution in [2.45, 2.75) is 0 Å². The van der Waals surface area contributed by atoms with E-state index in [-0.39, 0.29) is 21.4 Å².